The predicted molar refractivity (Wildman–Crippen MR) is 48.2 cm³/mol. The molecule has 0 spiro atoms. The number of nitrogens with one attached hydrogen (secondary N) is 1. The number of nitrogens with two attached hydrogens (primary N) is 1. The van der Waals surface area contributed by atoms with Crippen LogP contribution in [0.15, 0.2) is 27.5 Å². The van der Waals surface area contributed by atoms with Crippen LogP contribution >= 0.6 is 0 Å². The van der Waals surface area contributed by atoms with Crippen LogP contribution in [0.4, 0.5) is 0 Å². The van der Waals surface area contributed by atoms with E-state index in [1.165, 1.54) is 0 Å². The van der Waals surface area contributed by atoms with Crippen molar-refractivity contribution in [2.24, 2.45) is 5.73 Å². The van der Waals surface area contributed by atoms with Crippen molar-refractivity contribution < 1.29 is 4.42 Å². The number of hydrogen-bond acceptors (Lipinski definition) is 5. The molecule has 0 aliphatic carbocycles. The normalized spacial score (nSPS) is 10.4. The SMILES string of the molecule is NCc1cc(-c2n[nH]c(=O)o2)ccn1. The fourth-order valence-electron chi connectivity index (χ4n) is 1.08. The van der Waals surface area contributed by atoms with E-state index in [-0.39, 0.29) is 5.89 Å². The molecule has 0 fully saturated rings. The van der Waals surface area contributed by atoms with Crippen molar-refractivity contribution in [2.45, 2.75) is 6.54 Å². The molecule has 6 heteroatoms. The quantitative estimate of drug-likeness (QED) is 0.691. The van der Waals surface area contributed by atoms with E-state index in [2.05, 4.69) is 15.2 Å². The van der Waals surface area contributed by atoms with Crippen LogP contribution in [0.1, 0.15) is 5.69 Å². The van der Waals surface area contributed by atoms with Crippen LogP contribution < -0.4 is 11.5 Å². The number of pyridine rings is 1. The van der Waals surface area contributed by atoms with Crippen LogP contribution in [-0.2, 0) is 6.54 Å². The van der Waals surface area contributed by atoms with Crippen LogP contribution in [0, 0.1) is 0 Å². The molecule has 0 radical (unpaired) electrons. The first-order valence-corrected chi connectivity index (χ1v) is 4.00. The zero-order valence-electron chi connectivity index (χ0n) is 7.23. The van der Waals surface area contributed by atoms with Gasteiger partial charge in [-0.2, -0.15) is 0 Å². The summed E-state index contributed by atoms with van der Waals surface area (Å²) in [4.78, 5) is 14.7. The summed E-state index contributed by atoms with van der Waals surface area (Å²) >= 11 is 0. The van der Waals surface area contributed by atoms with Gasteiger partial charge in [0.05, 0.1) is 5.69 Å². The Morgan fingerprint density at radius 1 is 1.57 bits per heavy atom. The Labute approximate surface area is 78.8 Å². The minimum absolute atomic E-state index is 0.243. The number of rotatable bonds is 2. The van der Waals surface area contributed by atoms with Crippen molar-refractivity contribution in [2.75, 3.05) is 0 Å². The van der Waals surface area contributed by atoms with Gasteiger partial charge in [-0.3, -0.25) is 4.98 Å². The lowest BCUT2D eigenvalue weighted by atomic mass is 10.2. The third-order valence-electron chi connectivity index (χ3n) is 1.71. The maximum atomic E-state index is 10.7. The second-order valence-corrected chi connectivity index (χ2v) is 2.66. The average molecular weight is 192 g/mol. The van der Waals surface area contributed by atoms with Gasteiger partial charge in [0.15, 0.2) is 0 Å². The molecule has 2 heterocycles. The Balaban J connectivity index is 2.46. The Bertz CT molecular complexity index is 488. The summed E-state index contributed by atoms with van der Waals surface area (Å²) in [6.45, 7) is 0.336. The molecular weight excluding hydrogens is 184 g/mol. The van der Waals surface area contributed by atoms with Gasteiger partial charge >= 0.3 is 5.76 Å². The van der Waals surface area contributed by atoms with Crippen LogP contribution in [0.3, 0.4) is 0 Å². The fourth-order valence-corrected chi connectivity index (χ4v) is 1.08. The summed E-state index contributed by atoms with van der Waals surface area (Å²) in [5.74, 6) is -0.335. The monoisotopic (exact) mass is 192 g/mol. The lowest BCUT2D eigenvalue weighted by molar-refractivity contribution is 0.527. The maximum absolute atomic E-state index is 10.7. The van der Waals surface area contributed by atoms with E-state index in [1.807, 2.05) is 0 Å². The number of nitrogens with zero attached hydrogens (tertiary/aromatic N) is 2. The molecular formula is C8H8N4O2. The Kier molecular flexibility index (Phi) is 2.11. The third-order valence-corrected chi connectivity index (χ3v) is 1.71. The zero-order valence-corrected chi connectivity index (χ0v) is 7.23. The smallest absolute Gasteiger partial charge is 0.388 e. The maximum Gasteiger partial charge on any atom is 0.434 e. The molecule has 0 unspecified atom stereocenters. The van der Waals surface area contributed by atoms with Crippen LogP contribution in [0.25, 0.3) is 11.5 Å². The molecule has 0 aromatic carbocycles. The average Bonchev–Trinajstić information content (AvgIpc) is 2.65. The molecule has 0 bridgehead atoms. The fraction of sp³-hybridized carbons (Fsp3) is 0.125. The van der Waals surface area contributed by atoms with Gasteiger partial charge in [0.25, 0.3) is 0 Å². The van der Waals surface area contributed by atoms with Gasteiger partial charge in [0.1, 0.15) is 0 Å². The van der Waals surface area contributed by atoms with E-state index in [1.54, 1.807) is 18.3 Å². The predicted octanol–water partition coefficient (Wildman–Crippen LogP) is -0.116. The summed E-state index contributed by atoms with van der Waals surface area (Å²) in [6.07, 6.45) is 1.59. The molecule has 0 amide bonds. The first-order chi connectivity index (χ1) is 6.79. The zero-order chi connectivity index (χ0) is 9.97. The highest BCUT2D eigenvalue weighted by molar-refractivity contribution is 5.51. The number of H-pyrrole nitrogens is 1. The molecule has 0 saturated heterocycles. The first kappa shape index (κ1) is 8.64. The topological polar surface area (TPSA) is 97.8 Å². The van der Waals surface area contributed by atoms with Gasteiger partial charge in [-0.25, -0.2) is 9.89 Å². The van der Waals surface area contributed by atoms with Crippen LogP contribution in [0.2, 0.25) is 0 Å². The van der Waals surface area contributed by atoms with Gasteiger partial charge in [0, 0.05) is 18.3 Å². The lowest BCUT2D eigenvalue weighted by Gasteiger charge is -1.96. The third kappa shape index (κ3) is 1.55. The van der Waals surface area contributed by atoms with E-state index < -0.39 is 5.76 Å². The van der Waals surface area contributed by atoms with E-state index in [0.29, 0.717) is 17.8 Å². The van der Waals surface area contributed by atoms with E-state index in [9.17, 15) is 4.79 Å². The molecule has 0 aliphatic rings. The molecule has 0 saturated carbocycles. The first-order valence-electron chi connectivity index (χ1n) is 4.00. The number of aromatic nitrogens is 3. The molecule has 0 aliphatic heterocycles. The molecule has 2 aromatic rings. The summed E-state index contributed by atoms with van der Waals surface area (Å²) in [7, 11) is 0. The highest BCUT2D eigenvalue weighted by atomic mass is 16.4. The number of hydrogen-bond donors (Lipinski definition) is 2. The van der Waals surface area contributed by atoms with E-state index >= 15 is 0 Å². The van der Waals surface area contributed by atoms with E-state index in [4.69, 9.17) is 10.2 Å². The van der Waals surface area contributed by atoms with Crippen molar-refractivity contribution >= 4 is 0 Å². The summed E-state index contributed by atoms with van der Waals surface area (Å²) in [5, 5.41) is 5.87. The van der Waals surface area contributed by atoms with Crippen molar-refractivity contribution in [3.8, 4) is 11.5 Å². The van der Waals surface area contributed by atoms with Gasteiger partial charge in [-0.1, -0.05) is 0 Å². The molecule has 2 rings (SSSR count). The molecule has 2 aromatic heterocycles. The number of aromatic amines is 1. The summed E-state index contributed by atoms with van der Waals surface area (Å²) in [6, 6.07) is 3.41. The Morgan fingerprint density at radius 3 is 3.07 bits per heavy atom. The highest BCUT2D eigenvalue weighted by Gasteiger charge is 2.05. The second-order valence-electron chi connectivity index (χ2n) is 2.66. The molecule has 6 nitrogen and oxygen atoms in total. The van der Waals surface area contributed by atoms with Crippen LogP contribution in [0.5, 0.6) is 0 Å². The standard InChI is InChI=1S/C8H8N4O2/c9-4-6-3-5(1-2-10-6)7-11-12-8(13)14-7/h1-3H,4,9H2,(H,12,13). The highest BCUT2D eigenvalue weighted by Crippen LogP contribution is 2.14. The second kappa shape index (κ2) is 3.43. The summed E-state index contributed by atoms with van der Waals surface area (Å²) < 4.78 is 4.78. The minimum Gasteiger partial charge on any atom is -0.388 e. The Hall–Kier alpha value is -1.95. The van der Waals surface area contributed by atoms with Gasteiger partial charge in [0.2, 0.25) is 5.89 Å². The largest absolute Gasteiger partial charge is 0.434 e. The minimum atomic E-state index is -0.578. The van der Waals surface area contributed by atoms with Crippen molar-refractivity contribution in [3.63, 3.8) is 0 Å². The van der Waals surface area contributed by atoms with Crippen molar-refractivity contribution in [1.82, 2.24) is 15.2 Å². The van der Waals surface area contributed by atoms with Gasteiger partial charge in [-0.15, -0.1) is 5.10 Å². The molecule has 72 valence electrons. The van der Waals surface area contributed by atoms with Gasteiger partial charge in [-0.05, 0) is 12.1 Å². The molecule has 3 N–H and O–H groups in total. The lowest BCUT2D eigenvalue weighted by Crippen LogP contribution is -1.99. The molecule has 0 atom stereocenters. The van der Waals surface area contributed by atoms with Gasteiger partial charge < -0.3 is 10.2 Å². The van der Waals surface area contributed by atoms with Crippen molar-refractivity contribution in [3.05, 3.63) is 34.6 Å². The van der Waals surface area contributed by atoms with E-state index in [0.717, 1.165) is 0 Å². The molecule has 14 heavy (non-hydrogen) atoms. The van der Waals surface area contributed by atoms with Crippen LogP contribution in [-0.4, -0.2) is 15.2 Å². The summed E-state index contributed by atoms with van der Waals surface area (Å²) in [5.41, 5.74) is 6.81. The Morgan fingerprint density at radius 2 is 2.43 bits per heavy atom. The van der Waals surface area contributed by atoms with Crippen molar-refractivity contribution in [1.29, 1.82) is 0 Å².